The highest BCUT2D eigenvalue weighted by Gasteiger charge is 2.09. The Labute approximate surface area is 106 Å². The van der Waals surface area contributed by atoms with E-state index in [-0.39, 0.29) is 18.1 Å². The average Bonchev–Trinajstić information content (AvgIpc) is 2.36. The smallest absolute Gasteiger partial charge is 0.310 e. The molecule has 0 radical (unpaired) electrons. The van der Waals surface area contributed by atoms with Crippen LogP contribution in [-0.2, 0) is 16.0 Å². The molecule has 1 aromatic carbocycles. The highest BCUT2D eigenvalue weighted by Crippen LogP contribution is 2.28. The lowest BCUT2D eigenvalue weighted by atomic mass is 10.1. The van der Waals surface area contributed by atoms with E-state index >= 15 is 0 Å². The zero-order valence-corrected chi connectivity index (χ0v) is 10.8. The number of benzene rings is 1. The minimum atomic E-state index is -0.294. The number of rotatable bonds is 6. The Morgan fingerprint density at radius 2 is 2.11 bits per heavy atom. The maximum atomic E-state index is 11.5. The van der Waals surface area contributed by atoms with E-state index in [2.05, 4.69) is 5.18 Å². The first-order valence-corrected chi connectivity index (χ1v) is 5.72. The van der Waals surface area contributed by atoms with Gasteiger partial charge in [-0.15, -0.1) is 4.91 Å². The van der Waals surface area contributed by atoms with Crippen LogP contribution in [0.4, 0.5) is 5.69 Å². The second-order valence-electron chi connectivity index (χ2n) is 4.35. The fraction of sp³-hybridized carbons (Fsp3) is 0.462. The lowest BCUT2D eigenvalue weighted by Crippen LogP contribution is -2.12. The molecule has 0 heterocycles. The lowest BCUT2D eigenvalue weighted by Gasteiger charge is -2.08. The van der Waals surface area contributed by atoms with Crippen LogP contribution in [0, 0.1) is 10.8 Å². The molecule has 0 spiro atoms. The lowest BCUT2D eigenvalue weighted by molar-refractivity contribution is -0.143. The quantitative estimate of drug-likeness (QED) is 0.576. The number of esters is 1. The fourth-order valence-electron chi connectivity index (χ4n) is 1.38. The molecule has 0 saturated heterocycles. The van der Waals surface area contributed by atoms with Gasteiger partial charge in [0.15, 0.2) is 0 Å². The molecule has 0 aromatic heterocycles. The van der Waals surface area contributed by atoms with E-state index in [1.807, 2.05) is 13.8 Å². The third-order valence-electron chi connectivity index (χ3n) is 2.27. The van der Waals surface area contributed by atoms with Crippen molar-refractivity contribution in [3.63, 3.8) is 0 Å². The Hall–Kier alpha value is -1.91. The summed E-state index contributed by atoms with van der Waals surface area (Å²) in [6.07, 6.45) is 0.155. The summed E-state index contributed by atoms with van der Waals surface area (Å²) in [5, 5.41) is 2.83. The molecule has 5 nitrogen and oxygen atoms in total. The van der Waals surface area contributed by atoms with Crippen LogP contribution < -0.4 is 4.74 Å². The first-order chi connectivity index (χ1) is 8.56. The van der Waals surface area contributed by atoms with Crippen molar-refractivity contribution in [2.45, 2.75) is 20.3 Å². The molecule has 0 aliphatic rings. The molecule has 0 saturated carbocycles. The van der Waals surface area contributed by atoms with Crippen molar-refractivity contribution in [3.05, 3.63) is 28.7 Å². The largest absolute Gasteiger partial charge is 0.494 e. The molecule has 0 aliphatic carbocycles. The van der Waals surface area contributed by atoms with Crippen LogP contribution in [0.25, 0.3) is 0 Å². The fourth-order valence-corrected chi connectivity index (χ4v) is 1.38. The first-order valence-electron chi connectivity index (χ1n) is 5.72. The zero-order valence-electron chi connectivity index (χ0n) is 10.8. The number of carbonyl (C=O) groups is 1. The van der Waals surface area contributed by atoms with Gasteiger partial charge in [0.25, 0.3) is 0 Å². The summed E-state index contributed by atoms with van der Waals surface area (Å²) in [5.41, 5.74) is 0.949. The molecule has 1 rings (SSSR count). The second-order valence-corrected chi connectivity index (χ2v) is 4.35. The molecule has 0 aliphatic heterocycles. The van der Waals surface area contributed by atoms with Gasteiger partial charge in [-0.1, -0.05) is 19.9 Å². The summed E-state index contributed by atoms with van der Waals surface area (Å²) >= 11 is 0. The van der Waals surface area contributed by atoms with Crippen LogP contribution in [0.1, 0.15) is 19.4 Å². The molecule has 0 bridgehead atoms. The first kappa shape index (κ1) is 14.2. The van der Waals surface area contributed by atoms with Gasteiger partial charge in [0.1, 0.15) is 11.4 Å². The average molecular weight is 251 g/mol. The second kappa shape index (κ2) is 6.74. The van der Waals surface area contributed by atoms with E-state index in [1.165, 1.54) is 13.2 Å². The van der Waals surface area contributed by atoms with Gasteiger partial charge in [-0.2, -0.15) is 0 Å². The number of ether oxygens (including phenoxy) is 2. The van der Waals surface area contributed by atoms with Crippen LogP contribution in [0.3, 0.4) is 0 Å². The van der Waals surface area contributed by atoms with Gasteiger partial charge in [0.2, 0.25) is 0 Å². The normalized spacial score (nSPS) is 10.2. The van der Waals surface area contributed by atoms with E-state index in [4.69, 9.17) is 9.47 Å². The van der Waals surface area contributed by atoms with Gasteiger partial charge in [0, 0.05) is 0 Å². The van der Waals surface area contributed by atoms with Gasteiger partial charge < -0.3 is 9.47 Å². The van der Waals surface area contributed by atoms with Crippen molar-refractivity contribution in [2.24, 2.45) is 11.1 Å². The Morgan fingerprint density at radius 1 is 1.39 bits per heavy atom. The maximum absolute atomic E-state index is 11.5. The molecule has 1 aromatic rings. The number of methoxy groups -OCH3 is 1. The molecule has 0 fully saturated rings. The topological polar surface area (TPSA) is 65.0 Å². The molecule has 0 amide bonds. The Balaban J connectivity index is 2.67. The number of hydrogen-bond acceptors (Lipinski definition) is 5. The van der Waals surface area contributed by atoms with Crippen molar-refractivity contribution in [1.29, 1.82) is 0 Å². The van der Waals surface area contributed by atoms with Crippen LogP contribution in [-0.4, -0.2) is 19.7 Å². The number of nitroso groups, excluding NO2 is 1. The van der Waals surface area contributed by atoms with E-state index in [1.54, 1.807) is 12.1 Å². The van der Waals surface area contributed by atoms with Gasteiger partial charge >= 0.3 is 5.97 Å². The Morgan fingerprint density at radius 3 is 2.67 bits per heavy atom. The molecule has 98 valence electrons. The Bertz CT molecular complexity index is 429. The van der Waals surface area contributed by atoms with Crippen LogP contribution >= 0.6 is 0 Å². The van der Waals surface area contributed by atoms with Crippen molar-refractivity contribution < 1.29 is 14.3 Å². The standard InChI is InChI=1S/C13H17NO4/c1-9(2)8-18-13(15)7-10-4-5-11(14-16)12(6-10)17-3/h4-6,9H,7-8H2,1-3H3. The number of hydrogen-bond donors (Lipinski definition) is 0. The minimum absolute atomic E-state index is 0.155. The number of nitrogens with zero attached hydrogens (tertiary/aromatic N) is 1. The summed E-state index contributed by atoms with van der Waals surface area (Å²) in [6.45, 7) is 4.35. The predicted octanol–water partition coefficient (Wildman–Crippen LogP) is 2.83. The highest BCUT2D eigenvalue weighted by atomic mass is 16.5. The molecule has 0 unspecified atom stereocenters. The Kier molecular flexibility index (Phi) is 5.30. The van der Waals surface area contributed by atoms with Gasteiger partial charge in [-0.05, 0) is 28.8 Å². The third-order valence-corrected chi connectivity index (χ3v) is 2.27. The highest BCUT2D eigenvalue weighted by molar-refractivity contribution is 5.73. The van der Waals surface area contributed by atoms with Gasteiger partial charge in [-0.3, -0.25) is 4.79 Å². The van der Waals surface area contributed by atoms with Crippen LogP contribution in [0.5, 0.6) is 5.75 Å². The SMILES string of the molecule is COc1cc(CC(=O)OCC(C)C)ccc1N=O. The molecule has 5 heteroatoms. The molecule has 18 heavy (non-hydrogen) atoms. The van der Waals surface area contributed by atoms with E-state index in [0.717, 1.165) is 5.56 Å². The van der Waals surface area contributed by atoms with Gasteiger partial charge in [-0.25, -0.2) is 0 Å². The summed E-state index contributed by atoms with van der Waals surface area (Å²) in [6, 6.07) is 4.81. The van der Waals surface area contributed by atoms with Crippen molar-refractivity contribution in [1.82, 2.24) is 0 Å². The van der Waals surface area contributed by atoms with E-state index < -0.39 is 0 Å². The van der Waals surface area contributed by atoms with Crippen molar-refractivity contribution >= 4 is 11.7 Å². The molecule has 0 N–H and O–H groups in total. The molecular formula is C13H17NO4. The summed E-state index contributed by atoms with van der Waals surface area (Å²) < 4.78 is 10.1. The minimum Gasteiger partial charge on any atom is -0.494 e. The monoisotopic (exact) mass is 251 g/mol. The van der Waals surface area contributed by atoms with Gasteiger partial charge in [0.05, 0.1) is 20.1 Å². The number of carbonyl (C=O) groups excluding carboxylic acids is 1. The van der Waals surface area contributed by atoms with Crippen molar-refractivity contribution in [3.8, 4) is 5.75 Å². The molecular weight excluding hydrogens is 234 g/mol. The van der Waals surface area contributed by atoms with E-state index in [0.29, 0.717) is 18.3 Å². The van der Waals surface area contributed by atoms with Crippen LogP contribution in [0.15, 0.2) is 23.4 Å². The van der Waals surface area contributed by atoms with E-state index in [9.17, 15) is 9.70 Å². The summed E-state index contributed by atoms with van der Waals surface area (Å²) in [7, 11) is 1.45. The third kappa shape index (κ3) is 4.16. The summed E-state index contributed by atoms with van der Waals surface area (Å²) in [4.78, 5) is 22.0. The van der Waals surface area contributed by atoms with Crippen LogP contribution in [0.2, 0.25) is 0 Å². The maximum Gasteiger partial charge on any atom is 0.310 e. The van der Waals surface area contributed by atoms with Crippen molar-refractivity contribution in [2.75, 3.05) is 13.7 Å². The zero-order chi connectivity index (χ0) is 13.5. The molecule has 0 atom stereocenters. The summed E-state index contributed by atoms with van der Waals surface area (Å²) in [5.74, 6) is 0.377. The predicted molar refractivity (Wildman–Crippen MR) is 68.0 cm³/mol.